The van der Waals surface area contributed by atoms with Crippen LogP contribution >= 0.6 is 7.82 Å². The largest absolute Gasteiger partial charge is 0.470 e. The van der Waals surface area contributed by atoms with Gasteiger partial charge in [0.1, 0.15) is 6.73 Å². The van der Waals surface area contributed by atoms with E-state index in [9.17, 15) is 4.57 Å². The Morgan fingerprint density at radius 1 is 1.46 bits per heavy atom. The van der Waals surface area contributed by atoms with Gasteiger partial charge in [-0.15, -0.1) is 0 Å². The van der Waals surface area contributed by atoms with Crippen molar-refractivity contribution >= 4 is 7.82 Å². The number of piperidine rings is 1. The summed E-state index contributed by atoms with van der Waals surface area (Å²) in [5, 5.41) is 0. The predicted octanol–water partition coefficient (Wildman–Crippen LogP) is 0.785. The Bertz CT molecular complexity index is 197. The van der Waals surface area contributed by atoms with Crippen LogP contribution in [0.4, 0.5) is 0 Å². The van der Waals surface area contributed by atoms with Crippen LogP contribution in [0.5, 0.6) is 0 Å². The summed E-state index contributed by atoms with van der Waals surface area (Å²) in [7, 11) is -4.29. The lowest BCUT2D eigenvalue weighted by Crippen LogP contribution is -2.34. The minimum absolute atomic E-state index is 0.0387. The molecule has 5 nitrogen and oxygen atoms in total. The Morgan fingerprint density at radius 3 is 2.46 bits per heavy atom. The average Bonchev–Trinajstić information content (AvgIpc) is 2.02. The molecule has 1 saturated heterocycles. The molecule has 1 aliphatic rings. The highest BCUT2D eigenvalue weighted by atomic mass is 31.2. The molecule has 0 radical (unpaired) electrons. The van der Waals surface area contributed by atoms with Crippen LogP contribution in [0.3, 0.4) is 0 Å². The van der Waals surface area contributed by atoms with Crippen LogP contribution < -0.4 is 0 Å². The summed E-state index contributed by atoms with van der Waals surface area (Å²) in [5.41, 5.74) is 0. The molecule has 0 aromatic heterocycles. The van der Waals surface area contributed by atoms with Gasteiger partial charge in [0.05, 0.1) is 0 Å². The molecule has 1 aliphatic heterocycles. The highest BCUT2D eigenvalue weighted by Crippen LogP contribution is 2.36. The molecule has 0 amide bonds. The third-order valence-electron chi connectivity index (χ3n) is 2.28. The van der Waals surface area contributed by atoms with Crippen molar-refractivity contribution in [3.05, 3.63) is 0 Å². The standard InChI is InChI=1S/C7H16NO4P/c1-7-2-4-8(5-3-7)6-12-13(9,10)11/h7H,2-6H2,1H3,(H2,9,10,11). The molecular formula is C7H16NO4P. The van der Waals surface area contributed by atoms with Crippen molar-refractivity contribution in [2.45, 2.75) is 19.8 Å². The number of hydrogen-bond donors (Lipinski definition) is 2. The molecule has 0 atom stereocenters. The van der Waals surface area contributed by atoms with Gasteiger partial charge in [-0.05, 0) is 18.8 Å². The lowest BCUT2D eigenvalue weighted by atomic mass is 10.00. The van der Waals surface area contributed by atoms with Crippen molar-refractivity contribution in [2.24, 2.45) is 5.92 Å². The number of phosphoric ester groups is 1. The van der Waals surface area contributed by atoms with Crippen LogP contribution in [0.2, 0.25) is 0 Å². The van der Waals surface area contributed by atoms with E-state index in [0.717, 1.165) is 25.9 Å². The fraction of sp³-hybridized carbons (Fsp3) is 1.00. The summed E-state index contributed by atoms with van der Waals surface area (Å²) in [6.45, 7) is 3.94. The fourth-order valence-electron chi connectivity index (χ4n) is 1.35. The summed E-state index contributed by atoms with van der Waals surface area (Å²) in [4.78, 5) is 18.8. The molecule has 1 heterocycles. The van der Waals surface area contributed by atoms with Gasteiger partial charge in [0.2, 0.25) is 0 Å². The molecule has 1 fully saturated rings. The van der Waals surface area contributed by atoms with Crippen molar-refractivity contribution in [2.75, 3.05) is 19.8 Å². The third kappa shape index (κ3) is 4.74. The fourth-order valence-corrected chi connectivity index (χ4v) is 1.66. The van der Waals surface area contributed by atoms with Crippen LogP contribution in [-0.4, -0.2) is 34.5 Å². The zero-order valence-corrected chi connectivity index (χ0v) is 8.61. The van der Waals surface area contributed by atoms with Crippen molar-refractivity contribution < 1.29 is 18.9 Å². The van der Waals surface area contributed by atoms with E-state index in [-0.39, 0.29) is 6.73 Å². The quantitative estimate of drug-likeness (QED) is 0.672. The molecule has 0 unspecified atom stereocenters. The molecule has 2 N–H and O–H groups in total. The van der Waals surface area contributed by atoms with E-state index in [4.69, 9.17) is 9.79 Å². The lowest BCUT2D eigenvalue weighted by Gasteiger charge is -2.29. The monoisotopic (exact) mass is 209 g/mol. The van der Waals surface area contributed by atoms with Crippen molar-refractivity contribution in [1.29, 1.82) is 0 Å². The summed E-state index contributed by atoms with van der Waals surface area (Å²) in [6.07, 6.45) is 2.15. The molecule has 0 aromatic carbocycles. The zero-order chi connectivity index (χ0) is 9.90. The first-order valence-corrected chi connectivity index (χ1v) is 5.93. The van der Waals surface area contributed by atoms with Crippen LogP contribution in [0.1, 0.15) is 19.8 Å². The molecular weight excluding hydrogens is 193 g/mol. The first-order chi connectivity index (χ1) is 5.97. The number of likely N-dealkylation sites (tertiary alicyclic amines) is 1. The lowest BCUT2D eigenvalue weighted by molar-refractivity contribution is 0.0673. The van der Waals surface area contributed by atoms with Crippen molar-refractivity contribution in [3.63, 3.8) is 0 Å². The summed E-state index contributed by atoms with van der Waals surface area (Å²) < 4.78 is 14.8. The average molecular weight is 209 g/mol. The Kier molecular flexibility index (Phi) is 3.88. The molecule has 0 aliphatic carbocycles. The summed E-state index contributed by atoms with van der Waals surface area (Å²) >= 11 is 0. The van der Waals surface area contributed by atoms with E-state index in [1.165, 1.54) is 0 Å². The smallest absolute Gasteiger partial charge is 0.303 e. The minimum Gasteiger partial charge on any atom is -0.303 e. The maximum atomic E-state index is 10.4. The van der Waals surface area contributed by atoms with Gasteiger partial charge in [-0.2, -0.15) is 0 Å². The Balaban J connectivity index is 2.20. The maximum Gasteiger partial charge on any atom is 0.470 e. The van der Waals surface area contributed by atoms with E-state index < -0.39 is 7.82 Å². The highest BCUT2D eigenvalue weighted by molar-refractivity contribution is 7.46. The Morgan fingerprint density at radius 2 is 2.00 bits per heavy atom. The number of hydrogen-bond acceptors (Lipinski definition) is 3. The molecule has 0 spiro atoms. The second-order valence-electron chi connectivity index (χ2n) is 3.55. The second kappa shape index (κ2) is 4.53. The first-order valence-electron chi connectivity index (χ1n) is 4.40. The van der Waals surface area contributed by atoms with E-state index in [1.807, 2.05) is 4.90 Å². The molecule has 0 bridgehead atoms. The normalized spacial score (nSPS) is 22.1. The van der Waals surface area contributed by atoms with Gasteiger partial charge < -0.3 is 9.79 Å². The second-order valence-corrected chi connectivity index (χ2v) is 4.79. The molecule has 1 rings (SSSR count). The van der Waals surface area contributed by atoms with Crippen LogP contribution in [0.25, 0.3) is 0 Å². The van der Waals surface area contributed by atoms with Gasteiger partial charge in [-0.1, -0.05) is 6.92 Å². The Hall–Kier alpha value is 0.0700. The van der Waals surface area contributed by atoms with Gasteiger partial charge >= 0.3 is 7.82 Å². The minimum atomic E-state index is -4.29. The molecule has 78 valence electrons. The van der Waals surface area contributed by atoms with E-state index in [1.54, 1.807) is 0 Å². The van der Waals surface area contributed by atoms with Crippen LogP contribution in [0.15, 0.2) is 0 Å². The summed E-state index contributed by atoms with van der Waals surface area (Å²) in [6, 6.07) is 0. The van der Waals surface area contributed by atoms with Gasteiger partial charge in [0, 0.05) is 13.1 Å². The van der Waals surface area contributed by atoms with Crippen molar-refractivity contribution in [1.82, 2.24) is 4.90 Å². The van der Waals surface area contributed by atoms with Crippen LogP contribution in [0, 0.1) is 5.92 Å². The number of nitrogens with zero attached hydrogens (tertiary/aromatic N) is 1. The molecule has 0 aromatic rings. The topological polar surface area (TPSA) is 70.0 Å². The van der Waals surface area contributed by atoms with Gasteiger partial charge in [0.15, 0.2) is 0 Å². The van der Waals surface area contributed by atoms with Gasteiger partial charge in [-0.25, -0.2) is 4.57 Å². The molecule has 0 saturated carbocycles. The van der Waals surface area contributed by atoms with Crippen molar-refractivity contribution in [3.8, 4) is 0 Å². The van der Waals surface area contributed by atoms with Crippen LogP contribution in [-0.2, 0) is 9.09 Å². The van der Waals surface area contributed by atoms with E-state index in [2.05, 4.69) is 11.4 Å². The van der Waals surface area contributed by atoms with Gasteiger partial charge in [-0.3, -0.25) is 9.42 Å². The number of rotatable bonds is 3. The molecule has 13 heavy (non-hydrogen) atoms. The van der Waals surface area contributed by atoms with E-state index in [0.29, 0.717) is 5.92 Å². The SMILES string of the molecule is CC1CCN(COP(=O)(O)O)CC1. The van der Waals surface area contributed by atoms with E-state index >= 15 is 0 Å². The third-order valence-corrected chi connectivity index (χ3v) is 2.74. The highest BCUT2D eigenvalue weighted by Gasteiger charge is 2.19. The predicted molar refractivity (Wildman–Crippen MR) is 48.0 cm³/mol. The first kappa shape index (κ1) is 11.1. The zero-order valence-electron chi connectivity index (χ0n) is 7.72. The number of phosphoric acid groups is 1. The summed E-state index contributed by atoms with van der Waals surface area (Å²) in [5.74, 6) is 0.714. The van der Waals surface area contributed by atoms with Gasteiger partial charge in [0.25, 0.3) is 0 Å². The maximum absolute atomic E-state index is 10.4. The Labute approximate surface area is 77.9 Å². The molecule has 6 heteroatoms.